The molecule has 2 saturated heterocycles. The molecule has 2 aliphatic heterocycles. The topological polar surface area (TPSA) is 246 Å². The molecule has 70 heavy (non-hydrogen) atoms. The summed E-state index contributed by atoms with van der Waals surface area (Å²) in [5.41, 5.74) is 9.18. The largest absolute Gasteiger partial charge is 0.443 e. The maximum atomic E-state index is 13.1. The zero-order chi connectivity index (χ0) is 49.6. The first-order valence-electron chi connectivity index (χ1n) is 23.5. The molecule has 4 fully saturated rings. The number of morpholine rings is 2. The number of fused-ring (bicyclic) bond motifs is 2. The van der Waals surface area contributed by atoms with Gasteiger partial charge in [0.15, 0.2) is 45.6 Å². The molecule has 0 unspecified atom stereocenters. The Morgan fingerprint density at radius 1 is 0.643 bits per heavy atom. The van der Waals surface area contributed by atoms with Gasteiger partial charge in [-0.25, -0.2) is 59.4 Å². The number of aromatic nitrogens is 12. The third-order valence-electron chi connectivity index (χ3n) is 11.8. The van der Waals surface area contributed by atoms with Gasteiger partial charge >= 0.3 is 12.2 Å². The molecule has 2 N–H and O–H groups in total. The lowest BCUT2D eigenvalue weighted by Crippen LogP contribution is -2.44. The van der Waals surface area contributed by atoms with Crippen LogP contribution in [0.15, 0.2) is 12.4 Å². The number of nitrogens with two attached hydrogens (primary N) is 1. The van der Waals surface area contributed by atoms with Gasteiger partial charge < -0.3 is 34.5 Å². The number of rotatable bonds is 9. The van der Waals surface area contributed by atoms with E-state index in [0.29, 0.717) is 107 Å². The predicted molar refractivity (Wildman–Crippen MR) is 263 cm³/mol. The first-order valence-corrected chi connectivity index (χ1v) is 24.3. The standard InChI is InChI=1S/C28H37ClN8O5.C18H21ClN8O/c1-16-18(14-30-24(31-16)37(25(38)41-27(2,3)4)26(39)42-28(5,6)7)20-33-21(35-10-12-40-13-11-35)19-22(34-20)36(23(29)32-19)15-17-8-9-17;1-10-12(8-21-18(20)22-10)14-24-15(26-4-6-28-7-5-26)13-16(25-14)27(17(19)23-13)9-11-2-3-11/h14,17H,8-13,15H2,1-7H3;8,11H,2-7,9H2,1H3,(H2,20,21,22). The number of aryl methyl sites for hydroxylation is 2. The molecule has 22 nitrogen and oxygen atoms in total. The number of ether oxygens (including phenoxy) is 4. The number of nitrogen functional groups attached to an aromatic ring is 1. The van der Waals surface area contributed by atoms with Crippen LogP contribution in [0.5, 0.6) is 0 Å². The lowest BCUT2D eigenvalue weighted by atomic mass is 10.2. The fourth-order valence-electron chi connectivity index (χ4n) is 7.93. The van der Waals surface area contributed by atoms with Crippen molar-refractivity contribution in [3.63, 3.8) is 0 Å². The van der Waals surface area contributed by atoms with E-state index in [1.165, 1.54) is 19.0 Å². The maximum absolute atomic E-state index is 13.1. The van der Waals surface area contributed by atoms with E-state index in [-0.39, 0.29) is 11.9 Å². The molecule has 4 aliphatic rings. The first kappa shape index (κ1) is 48.9. The summed E-state index contributed by atoms with van der Waals surface area (Å²) in [6.07, 6.45) is 5.99. The van der Waals surface area contributed by atoms with Crippen LogP contribution in [0.3, 0.4) is 0 Å². The molecule has 2 aliphatic carbocycles. The van der Waals surface area contributed by atoms with Gasteiger partial charge in [0.05, 0.1) is 48.9 Å². The molecule has 0 radical (unpaired) electrons. The summed E-state index contributed by atoms with van der Waals surface area (Å²) < 4.78 is 25.9. The monoisotopic (exact) mass is 1000 g/mol. The average Bonchev–Trinajstić information content (AvgIpc) is 4.24. The number of hydrogen-bond acceptors (Lipinski definition) is 19. The molecule has 2 amide bonds. The van der Waals surface area contributed by atoms with E-state index < -0.39 is 23.4 Å². The SMILES string of the molecule is Cc1nc(N(C(=O)OC(C)(C)C)C(=O)OC(C)(C)C)ncc1-c1nc(N2CCOCC2)c2nc(Cl)n(CC3CC3)c2n1.Cc1nc(N)ncc1-c1nc(N2CCOCC2)c2nc(Cl)n(CC3CC3)c2n1. The summed E-state index contributed by atoms with van der Waals surface area (Å²) in [6.45, 7) is 20.6. The Labute approximate surface area is 414 Å². The van der Waals surface area contributed by atoms with E-state index in [0.717, 1.165) is 67.3 Å². The quantitative estimate of drug-likeness (QED) is 0.140. The van der Waals surface area contributed by atoms with Crippen molar-refractivity contribution >= 4 is 81.2 Å². The molecule has 6 aromatic heterocycles. The fraction of sp³-hybridized carbons (Fsp3) is 0.565. The van der Waals surface area contributed by atoms with E-state index in [1.807, 2.05) is 16.1 Å². The minimum atomic E-state index is -0.949. The molecule has 0 atom stereocenters. The summed E-state index contributed by atoms with van der Waals surface area (Å²) in [4.78, 5) is 77.2. The molecular weight excluding hydrogens is 944 g/mol. The first-order chi connectivity index (χ1) is 33.3. The van der Waals surface area contributed by atoms with Crippen LogP contribution in [0, 0.1) is 25.7 Å². The molecule has 2 saturated carbocycles. The van der Waals surface area contributed by atoms with Crippen molar-refractivity contribution < 1.29 is 28.5 Å². The number of imide groups is 1. The fourth-order valence-corrected chi connectivity index (χ4v) is 8.40. The van der Waals surface area contributed by atoms with Gasteiger partial charge in [-0.2, -0.15) is 0 Å². The molecule has 6 aromatic rings. The van der Waals surface area contributed by atoms with Crippen LogP contribution < -0.4 is 20.4 Å². The third-order valence-corrected chi connectivity index (χ3v) is 12.3. The van der Waals surface area contributed by atoms with Crippen molar-refractivity contribution in [2.75, 3.05) is 73.0 Å². The molecule has 10 rings (SSSR count). The number of hydrogen-bond donors (Lipinski definition) is 1. The zero-order valence-corrected chi connectivity index (χ0v) is 42.2. The van der Waals surface area contributed by atoms with Crippen LogP contribution in [0.1, 0.15) is 78.6 Å². The van der Waals surface area contributed by atoms with Crippen LogP contribution in [0.2, 0.25) is 10.6 Å². The second-order valence-electron chi connectivity index (χ2n) is 19.8. The summed E-state index contributed by atoms with van der Waals surface area (Å²) in [7, 11) is 0. The smallest absolute Gasteiger partial charge is 0.427 e. The van der Waals surface area contributed by atoms with Crippen LogP contribution in [0.4, 0.5) is 33.1 Å². The van der Waals surface area contributed by atoms with Crippen molar-refractivity contribution in [3.05, 3.63) is 34.3 Å². The van der Waals surface area contributed by atoms with Crippen molar-refractivity contribution in [3.8, 4) is 22.8 Å². The van der Waals surface area contributed by atoms with Crippen molar-refractivity contribution in [2.24, 2.45) is 11.8 Å². The summed E-state index contributed by atoms with van der Waals surface area (Å²) in [6, 6.07) is 0. The molecule has 0 bridgehead atoms. The van der Waals surface area contributed by atoms with Crippen LogP contribution in [-0.4, -0.2) is 135 Å². The van der Waals surface area contributed by atoms with Gasteiger partial charge in [0.25, 0.3) is 0 Å². The van der Waals surface area contributed by atoms with E-state index in [2.05, 4.69) is 39.7 Å². The lowest BCUT2D eigenvalue weighted by Gasteiger charge is -2.28. The average molecular weight is 1000 g/mol. The van der Waals surface area contributed by atoms with Crippen LogP contribution in [0.25, 0.3) is 45.1 Å². The highest BCUT2D eigenvalue weighted by molar-refractivity contribution is 6.29. The summed E-state index contributed by atoms with van der Waals surface area (Å²) >= 11 is 13.1. The number of carbonyl (C=O) groups excluding carboxylic acids is 2. The van der Waals surface area contributed by atoms with Crippen LogP contribution in [-0.2, 0) is 32.0 Å². The Morgan fingerprint density at radius 3 is 1.44 bits per heavy atom. The van der Waals surface area contributed by atoms with E-state index in [4.69, 9.17) is 67.8 Å². The minimum Gasteiger partial charge on any atom is -0.443 e. The van der Waals surface area contributed by atoms with Gasteiger partial charge in [-0.15, -0.1) is 4.90 Å². The number of imidazole rings is 2. The molecule has 0 spiro atoms. The third kappa shape index (κ3) is 11.1. The Bertz CT molecular complexity index is 2900. The molecule has 372 valence electrons. The highest BCUT2D eigenvalue weighted by Crippen LogP contribution is 2.38. The van der Waals surface area contributed by atoms with Gasteiger partial charge in [-0.05, 0) is 116 Å². The van der Waals surface area contributed by atoms with E-state index >= 15 is 0 Å². The molecular formula is C46H58Cl2N16O6. The lowest BCUT2D eigenvalue weighted by molar-refractivity contribution is 0.0427. The minimum absolute atomic E-state index is 0.184. The number of nitrogens with zero attached hydrogens (tertiary/aromatic N) is 15. The van der Waals surface area contributed by atoms with Crippen LogP contribution >= 0.6 is 23.2 Å². The van der Waals surface area contributed by atoms with E-state index in [9.17, 15) is 9.59 Å². The van der Waals surface area contributed by atoms with Gasteiger partial charge in [0, 0.05) is 51.7 Å². The molecule has 24 heteroatoms. The Balaban J connectivity index is 0.000000188. The normalized spacial score (nSPS) is 16.6. The van der Waals surface area contributed by atoms with Gasteiger partial charge in [-0.3, -0.25) is 9.13 Å². The Morgan fingerprint density at radius 2 is 1.06 bits per heavy atom. The number of amides is 2. The van der Waals surface area contributed by atoms with E-state index in [1.54, 1.807) is 54.7 Å². The van der Waals surface area contributed by atoms with Gasteiger partial charge in [0.2, 0.25) is 22.5 Å². The summed E-state index contributed by atoms with van der Waals surface area (Å²) in [5.74, 6) is 3.60. The second kappa shape index (κ2) is 19.6. The number of anilines is 4. The maximum Gasteiger partial charge on any atom is 0.427 e. The molecule has 0 aromatic carbocycles. The second-order valence-corrected chi connectivity index (χ2v) is 20.5. The van der Waals surface area contributed by atoms with Gasteiger partial charge in [-0.1, -0.05) is 0 Å². The zero-order valence-electron chi connectivity index (χ0n) is 40.7. The number of carbonyl (C=O) groups is 2. The highest BCUT2D eigenvalue weighted by Gasteiger charge is 2.36. The molecule has 8 heterocycles. The van der Waals surface area contributed by atoms with Gasteiger partial charge in [0.1, 0.15) is 11.2 Å². The van der Waals surface area contributed by atoms with Crippen molar-refractivity contribution in [1.29, 1.82) is 0 Å². The van der Waals surface area contributed by atoms with Crippen molar-refractivity contribution in [2.45, 2.75) is 105 Å². The van der Waals surface area contributed by atoms with Crippen molar-refractivity contribution in [1.82, 2.24) is 59.0 Å². The number of halogens is 2. The Hall–Kier alpha value is -6.10. The Kier molecular flexibility index (Phi) is 13.7. The predicted octanol–water partition coefficient (Wildman–Crippen LogP) is 7.24. The highest BCUT2D eigenvalue weighted by atomic mass is 35.5. The summed E-state index contributed by atoms with van der Waals surface area (Å²) in [5, 5.41) is 0.819.